The molecule has 1 aliphatic heterocycles. The lowest BCUT2D eigenvalue weighted by Gasteiger charge is -2.23. The first-order chi connectivity index (χ1) is 13.8. The van der Waals surface area contributed by atoms with Gasteiger partial charge in [-0.3, -0.25) is 14.5 Å². The van der Waals surface area contributed by atoms with Crippen LogP contribution in [0.15, 0.2) is 46.6 Å². The number of aromatic nitrogens is 2. The molecule has 3 heterocycles. The van der Waals surface area contributed by atoms with Gasteiger partial charge in [-0.05, 0) is 44.0 Å². The van der Waals surface area contributed by atoms with E-state index in [2.05, 4.69) is 10.1 Å². The summed E-state index contributed by atoms with van der Waals surface area (Å²) in [6.45, 7) is 5.17. The minimum Gasteiger partial charge on any atom is -0.507 e. The third kappa shape index (κ3) is 2.93. The lowest BCUT2D eigenvalue weighted by atomic mass is 9.94. The summed E-state index contributed by atoms with van der Waals surface area (Å²) < 4.78 is 19.0. The van der Waals surface area contributed by atoms with Crippen LogP contribution < -0.4 is 4.90 Å². The number of carbonyl (C=O) groups excluding carboxylic acids is 2. The van der Waals surface area contributed by atoms with Crippen molar-refractivity contribution < 1.29 is 23.6 Å². The molecular weight excluding hydrogens is 377 g/mol. The van der Waals surface area contributed by atoms with Gasteiger partial charge in [0.2, 0.25) is 0 Å². The van der Waals surface area contributed by atoms with E-state index in [1.54, 1.807) is 33.0 Å². The van der Waals surface area contributed by atoms with Gasteiger partial charge < -0.3 is 14.6 Å². The van der Waals surface area contributed by atoms with Crippen LogP contribution in [-0.2, 0) is 9.59 Å². The number of amides is 1. The van der Waals surface area contributed by atoms with Crippen molar-refractivity contribution >= 4 is 23.3 Å². The monoisotopic (exact) mass is 395 g/mol. The van der Waals surface area contributed by atoms with Crippen LogP contribution in [0, 0.1) is 26.6 Å². The van der Waals surface area contributed by atoms with Gasteiger partial charge in [-0.15, -0.1) is 0 Å². The minimum absolute atomic E-state index is 0.112. The summed E-state index contributed by atoms with van der Waals surface area (Å²) in [5.74, 6) is -2.05. The van der Waals surface area contributed by atoms with Gasteiger partial charge in [0.05, 0.1) is 11.6 Å². The van der Waals surface area contributed by atoms with Crippen molar-refractivity contribution in [2.24, 2.45) is 0 Å². The number of hydrogen-bond acceptors (Lipinski definition) is 5. The summed E-state index contributed by atoms with van der Waals surface area (Å²) in [4.78, 5) is 29.9. The Morgan fingerprint density at radius 3 is 2.59 bits per heavy atom. The number of benzene rings is 1. The number of rotatable bonds is 3. The Bertz CT molecular complexity index is 1150. The maximum Gasteiger partial charge on any atom is 0.301 e. The van der Waals surface area contributed by atoms with Gasteiger partial charge in [0, 0.05) is 23.5 Å². The van der Waals surface area contributed by atoms with Crippen LogP contribution in [-0.4, -0.2) is 26.9 Å². The van der Waals surface area contributed by atoms with Crippen molar-refractivity contribution in [2.45, 2.75) is 26.8 Å². The maximum atomic E-state index is 14.0. The zero-order chi connectivity index (χ0) is 20.9. The van der Waals surface area contributed by atoms with Crippen LogP contribution in [0.5, 0.6) is 0 Å². The molecule has 0 radical (unpaired) electrons. The smallest absolute Gasteiger partial charge is 0.301 e. The molecule has 0 spiro atoms. The fraction of sp³-hybridized carbons (Fsp3) is 0.190. The fourth-order valence-electron chi connectivity index (χ4n) is 3.68. The Balaban J connectivity index is 1.99. The predicted molar refractivity (Wildman–Crippen MR) is 103 cm³/mol. The second-order valence-electron chi connectivity index (χ2n) is 6.99. The van der Waals surface area contributed by atoms with E-state index in [4.69, 9.17) is 4.52 Å². The molecule has 148 valence electrons. The second-order valence-corrected chi connectivity index (χ2v) is 6.99. The Hall–Kier alpha value is -3.68. The number of ketones is 1. The van der Waals surface area contributed by atoms with E-state index in [9.17, 15) is 19.1 Å². The third-order valence-corrected chi connectivity index (χ3v) is 4.98. The molecule has 1 unspecified atom stereocenters. The van der Waals surface area contributed by atoms with E-state index in [0.29, 0.717) is 28.1 Å². The molecule has 1 aliphatic rings. The van der Waals surface area contributed by atoms with Gasteiger partial charge in [0.25, 0.3) is 5.78 Å². The van der Waals surface area contributed by atoms with Gasteiger partial charge in [-0.2, -0.15) is 0 Å². The standard InChI is InChI=1S/C21H18FN3O4/c1-10-9-23-12(3)16(10)19(26)17-18(13-5-4-6-14(22)8-13)25(21(28)20(17)27)15-7-11(2)29-24-15/h4-9,18,23,26H,1-3H3/b19-17+. The molecule has 1 atom stereocenters. The van der Waals surface area contributed by atoms with Crippen molar-refractivity contribution in [1.82, 2.24) is 10.1 Å². The number of aliphatic hydroxyl groups is 1. The SMILES string of the molecule is Cc1cc(N2C(=O)C(=O)/C(=C(/O)c3c(C)c[nH]c3C)C2c2cccc(F)c2)no1. The normalized spacial score (nSPS) is 18.6. The van der Waals surface area contributed by atoms with Crippen LogP contribution >= 0.6 is 0 Å². The summed E-state index contributed by atoms with van der Waals surface area (Å²) in [6.07, 6.45) is 1.69. The summed E-state index contributed by atoms with van der Waals surface area (Å²) in [5, 5.41) is 14.9. The average molecular weight is 395 g/mol. The summed E-state index contributed by atoms with van der Waals surface area (Å²) in [5.41, 5.74) is 1.98. The zero-order valence-corrected chi connectivity index (χ0v) is 16.0. The van der Waals surface area contributed by atoms with Crippen LogP contribution in [0.25, 0.3) is 5.76 Å². The van der Waals surface area contributed by atoms with Crippen LogP contribution in [0.2, 0.25) is 0 Å². The Morgan fingerprint density at radius 2 is 2.00 bits per heavy atom. The van der Waals surface area contributed by atoms with Crippen molar-refractivity contribution in [2.75, 3.05) is 4.90 Å². The Labute approximate surface area is 165 Å². The van der Waals surface area contributed by atoms with E-state index >= 15 is 0 Å². The number of anilines is 1. The number of aliphatic hydroxyl groups excluding tert-OH is 1. The number of carbonyl (C=O) groups is 2. The van der Waals surface area contributed by atoms with E-state index in [-0.39, 0.29) is 17.2 Å². The number of nitrogens with one attached hydrogen (secondary N) is 1. The molecular formula is C21H18FN3O4. The fourth-order valence-corrected chi connectivity index (χ4v) is 3.68. The molecule has 1 fully saturated rings. The van der Waals surface area contributed by atoms with E-state index in [1.165, 1.54) is 24.3 Å². The highest BCUT2D eigenvalue weighted by molar-refractivity contribution is 6.51. The van der Waals surface area contributed by atoms with Crippen molar-refractivity contribution in [1.29, 1.82) is 0 Å². The maximum absolute atomic E-state index is 14.0. The molecule has 2 N–H and O–H groups in total. The van der Waals surface area contributed by atoms with Gasteiger partial charge >= 0.3 is 5.91 Å². The van der Waals surface area contributed by atoms with Crippen molar-refractivity contribution in [3.05, 3.63) is 76.1 Å². The highest BCUT2D eigenvalue weighted by atomic mass is 19.1. The van der Waals surface area contributed by atoms with Gasteiger partial charge in [-0.1, -0.05) is 17.3 Å². The molecule has 4 rings (SSSR count). The lowest BCUT2D eigenvalue weighted by molar-refractivity contribution is -0.132. The molecule has 0 aliphatic carbocycles. The first-order valence-electron chi connectivity index (χ1n) is 8.94. The first-order valence-corrected chi connectivity index (χ1v) is 8.94. The van der Waals surface area contributed by atoms with Crippen molar-refractivity contribution in [3.8, 4) is 0 Å². The number of nitrogens with zero attached hydrogens (tertiary/aromatic N) is 2. The molecule has 1 saturated heterocycles. The van der Waals surface area contributed by atoms with Gasteiger partial charge in [0.1, 0.15) is 17.3 Å². The van der Waals surface area contributed by atoms with Crippen molar-refractivity contribution in [3.63, 3.8) is 0 Å². The number of aromatic amines is 1. The number of hydrogen-bond donors (Lipinski definition) is 2. The molecule has 3 aromatic rings. The molecule has 2 aromatic heterocycles. The molecule has 29 heavy (non-hydrogen) atoms. The summed E-state index contributed by atoms with van der Waals surface area (Å²) in [7, 11) is 0. The molecule has 1 aromatic carbocycles. The number of Topliss-reactive ketones (excluding diaryl/α,β-unsaturated/α-hetero) is 1. The highest BCUT2D eigenvalue weighted by Crippen LogP contribution is 2.42. The van der Waals surface area contributed by atoms with E-state index in [1.807, 2.05) is 0 Å². The Kier molecular flexibility index (Phi) is 4.34. The minimum atomic E-state index is -1.05. The Morgan fingerprint density at radius 1 is 1.24 bits per heavy atom. The first kappa shape index (κ1) is 18.7. The van der Waals surface area contributed by atoms with Crippen LogP contribution in [0.3, 0.4) is 0 Å². The number of aryl methyl sites for hydroxylation is 3. The average Bonchev–Trinajstić information content (AvgIpc) is 3.32. The molecule has 0 bridgehead atoms. The predicted octanol–water partition coefficient (Wildman–Crippen LogP) is 3.69. The van der Waals surface area contributed by atoms with E-state index < -0.39 is 23.5 Å². The largest absolute Gasteiger partial charge is 0.507 e. The lowest BCUT2D eigenvalue weighted by Crippen LogP contribution is -2.29. The summed E-state index contributed by atoms with van der Waals surface area (Å²) in [6, 6.07) is 6.00. The summed E-state index contributed by atoms with van der Waals surface area (Å²) >= 11 is 0. The molecule has 7 nitrogen and oxygen atoms in total. The molecule has 0 saturated carbocycles. The van der Waals surface area contributed by atoms with Gasteiger partial charge in [-0.25, -0.2) is 4.39 Å². The number of H-pyrrole nitrogens is 1. The molecule has 1 amide bonds. The van der Waals surface area contributed by atoms with Crippen LogP contribution in [0.4, 0.5) is 10.2 Å². The highest BCUT2D eigenvalue weighted by Gasteiger charge is 2.48. The topological polar surface area (TPSA) is 99.4 Å². The molecule has 8 heteroatoms. The van der Waals surface area contributed by atoms with Crippen LogP contribution in [0.1, 0.15) is 34.2 Å². The van der Waals surface area contributed by atoms with Gasteiger partial charge in [0.15, 0.2) is 5.82 Å². The number of halogens is 1. The quantitative estimate of drug-likeness (QED) is 0.400. The van der Waals surface area contributed by atoms with E-state index in [0.717, 1.165) is 4.90 Å². The zero-order valence-electron chi connectivity index (χ0n) is 16.0. The third-order valence-electron chi connectivity index (χ3n) is 4.98. The second kappa shape index (κ2) is 6.73.